The van der Waals surface area contributed by atoms with Crippen LogP contribution < -0.4 is 0 Å². The minimum absolute atomic E-state index is 0.325. The predicted molar refractivity (Wildman–Crippen MR) is 79.2 cm³/mol. The Balaban J connectivity index is 3.69. The van der Waals surface area contributed by atoms with E-state index in [4.69, 9.17) is 28.4 Å². The molecule has 0 heterocycles. The van der Waals surface area contributed by atoms with Gasteiger partial charge in [-0.25, -0.2) is 0 Å². The van der Waals surface area contributed by atoms with E-state index in [1.807, 2.05) is 6.92 Å². The van der Waals surface area contributed by atoms with Gasteiger partial charge in [-0.2, -0.15) is 0 Å². The van der Waals surface area contributed by atoms with Gasteiger partial charge in [0.2, 0.25) is 0 Å². The van der Waals surface area contributed by atoms with E-state index >= 15 is 0 Å². The predicted octanol–water partition coefficient (Wildman–Crippen LogP) is 0.930. The van der Waals surface area contributed by atoms with E-state index in [2.05, 4.69) is 4.90 Å². The molecular formula is C14H31NO6. The molecule has 0 atom stereocenters. The normalized spacial score (nSPS) is 11.4. The molecule has 21 heavy (non-hydrogen) atoms. The molecule has 0 fully saturated rings. The molecule has 128 valence electrons. The molecule has 0 aliphatic carbocycles. The summed E-state index contributed by atoms with van der Waals surface area (Å²) >= 11 is 0. The van der Waals surface area contributed by atoms with Crippen molar-refractivity contribution in [2.75, 3.05) is 80.7 Å². The van der Waals surface area contributed by atoms with Crippen LogP contribution in [0.3, 0.4) is 0 Å². The van der Waals surface area contributed by atoms with Crippen molar-refractivity contribution < 1.29 is 28.4 Å². The fourth-order valence-corrected chi connectivity index (χ4v) is 1.60. The molecular weight excluding hydrogens is 278 g/mol. The summed E-state index contributed by atoms with van der Waals surface area (Å²) in [7, 11) is 3.24. The van der Waals surface area contributed by atoms with Crippen molar-refractivity contribution >= 4 is 0 Å². The number of hydrogen-bond acceptors (Lipinski definition) is 7. The van der Waals surface area contributed by atoms with Gasteiger partial charge in [0, 0.05) is 40.5 Å². The number of hydrogen-bond donors (Lipinski definition) is 0. The molecule has 7 nitrogen and oxygen atoms in total. The standard InChI is InChI=1S/C14H31NO6/c1-4-18-14-21-11-8-15(7-10-20-13-17-3)6-5-9-19-12-16-2/h4-14H2,1-3H3. The maximum Gasteiger partial charge on any atom is 0.146 e. The number of ether oxygens (including phenoxy) is 6. The highest BCUT2D eigenvalue weighted by Gasteiger charge is 2.05. The Kier molecular flexibility index (Phi) is 17.5. The zero-order chi connectivity index (χ0) is 15.6. The van der Waals surface area contributed by atoms with Gasteiger partial charge in [-0.05, 0) is 13.3 Å². The Bertz CT molecular complexity index is 182. The van der Waals surface area contributed by atoms with Crippen LogP contribution >= 0.6 is 0 Å². The van der Waals surface area contributed by atoms with Crippen molar-refractivity contribution in [1.82, 2.24) is 4.90 Å². The van der Waals surface area contributed by atoms with Gasteiger partial charge < -0.3 is 28.4 Å². The Hall–Kier alpha value is -0.280. The second kappa shape index (κ2) is 17.8. The molecule has 0 N–H and O–H groups in total. The van der Waals surface area contributed by atoms with Gasteiger partial charge >= 0.3 is 0 Å². The summed E-state index contributed by atoms with van der Waals surface area (Å²) in [6.45, 7) is 8.21. The third-order valence-corrected chi connectivity index (χ3v) is 2.64. The summed E-state index contributed by atoms with van der Waals surface area (Å²) in [6, 6.07) is 0. The Morgan fingerprint density at radius 3 is 1.81 bits per heavy atom. The second-order valence-electron chi connectivity index (χ2n) is 4.34. The summed E-state index contributed by atoms with van der Waals surface area (Å²) < 4.78 is 30.8. The summed E-state index contributed by atoms with van der Waals surface area (Å²) in [5, 5.41) is 0. The van der Waals surface area contributed by atoms with Crippen LogP contribution in [0.1, 0.15) is 13.3 Å². The molecule has 0 aromatic rings. The van der Waals surface area contributed by atoms with Crippen LogP contribution in [0.5, 0.6) is 0 Å². The summed E-state index contributed by atoms with van der Waals surface area (Å²) in [6.07, 6.45) is 0.944. The Morgan fingerprint density at radius 2 is 1.24 bits per heavy atom. The molecule has 0 radical (unpaired) electrons. The first-order valence-electron chi connectivity index (χ1n) is 7.36. The molecule has 0 aliphatic heterocycles. The monoisotopic (exact) mass is 309 g/mol. The largest absolute Gasteiger partial charge is 0.359 e. The van der Waals surface area contributed by atoms with Crippen LogP contribution in [0.2, 0.25) is 0 Å². The van der Waals surface area contributed by atoms with Gasteiger partial charge in [-0.3, -0.25) is 4.90 Å². The zero-order valence-corrected chi connectivity index (χ0v) is 13.7. The van der Waals surface area contributed by atoms with Crippen LogP contribution in [-0.4, -0.2) is 85.6 Å². The van der Waals surface area contributed by atoms with Crippen LogP contribution in [0, 0.1) is 0 Å². The average molecular weight is 309 g/mol. The first-order valence-corrected chi connectivity index (χ1v) is 7.36. The summed E-state index contributed by atoms with van der Waals surface area (Å²) in [5.74, 6) is 0. The van der Waals surface area contributed by atoms with Gasteiger partial charge in [-0.15, -0.1) is 0 Å². The summed E-state index contributed by atoms with van der Waals surface area (Å²) in [4.78, 5) is 2.28. The molecule has 7 heteroatoms. The Labute approximate surface area is 128 Å². The highest BCUT2D eigenvalue weighted by molar-refractivity contribution is 4.57. The molecule has 0 amide bonds. The molecule has 0 spiro atoms. The highest BCUT2D eigenvalue weighted by Crippen LogP contribution is 1.95. The van der Waals surface area contributed by atoms with Crippen molar-refractivity contribution in [3.63, 3.8) is 0 Å². The molecule has 0 saturated heterocycles. The van der Waals surface area contributed by atoms with E-state index in [1.54, 1.807) is 14.2 Å². The SMILES string of the molecule is CCOCOCCN(CCCOCOC)CCOCOC. The maximum atomic E-state index is 5.40. The first-order chi connectivity index (χ1) is 10.3. The minimum Gasteiger partial charge on any atom is -0.359 e. The fourth-order valence-electron chi connectivity index (χ4n) is 1.60. The first kappa shape index (κ1) is 20.7. The van der Waals surface area contributed by atoms with E-state index in [1.165, 1.54) is 0 Å². The molecule has 0 bridgehead atoms. The molecule has 0 aromatic carbocycles. The lowest BCUT2D eigenvalue weighted by atomic mass is 10.4. The quantitative estimate of drug-likeness (QED) is 0.293. The van der Waals surface area contributed by atoms with Gasteiger partial charge in [0.25, 0.3) is 0 Å². The molecule has 0 rings (SSSR count). The van der Waals surface area contributed by atoms with Gasteiger partial charge in [0.1, 0.15) is 20.4 Å². The van der Waals surface area contributed by atoms with E-state index in [-0.39, 0.29) is 0 Å². The molecule has 0 aliphatic rings. The molecule has 0 aromatic heterocycles. The fraction of sp³-hybridized carbons (Fsp3) is 1.00. The average Bonchev–Trinajstić information content (AvgIpc) is 2.50. The Morgan fingerprint density at radius 1 is 0.667 bits per heavy atom. The lowest BCUT2D eigenvalue weighted by molar-refractivity contribution is -0.0613. The summed E-state index contributed by atoms with van der Waals surface area (Å²) in [5.41, 5.74) is 0. The van der Waals surface area contributed by atoms with Crippen LogP contribution in [0.15, 0.2) is 0 Å². The van der Waals surface area contributed by atoms with Crippen molar-refractivity contribution in [2.24, 2.45) is 0 Å². The van der Waals surface area contributed by atoms with Crippen molar-refractivity contribution in [3.05, 3.63) is 0 Å². The topological polar surface area (TPSA) is 58.6 Å². The third kappa shape index (κ3) is 15.9. The third-order valence-electron chi connectivity index (χ3n) is 2.64. The zero-order valence-electron chi connectivity index (χ0n) is 13.7. The van der Waals surface area contributed by atoms with E-state index in [0.717, 1.165) is 26.1 Å². The van der Waals surface area contributed by atoms with Crippen molar-refractivity contribution in [2.45, 2.75) is 13.3 Å². The minimum atomic E-state index is 0.325. The van der Waals surface area contributed by atoms with Crippen LogP contribution in [0.25, 0.3) is 0 Å². The van der Waals surface area contributed by atoms with Crippen LogP contribution in [-0.2, 0) is 28.4 Å². The number of methoxy groups -OCH3 is 2. The molecule has 0 unspecified atom stereocenters. The van der Waals surface area contributed by atoms with Crippen LogP contribution in [0.4, 0.5) is 0 Å². The van der Waals surface area contributed by atoms with Gasteiger partial charge in [0.15, 0.2) is 0 Å². The number of nitrogens with zero attached hydrogens (tertiary/aromatic N) is 1. The smallest absolute Gasteiger partial charge is 0.146 e. The maximum absolute atomic E-state index is 5.40. The van der Waals surface area contributed by atoms with E-state index < -0.39 is 0 Å². The van der Waals surface area contributed by atoms with Gasteiger partial charge in [-0.1, -0.05) is 0 Å². The van der Waals surface area contributed by atoms with Crippen molar-refractivity contribution in [3.8, 4) is 0 Å². The lowest BCUT2D eigenvalue weighted by Gasteiger charge is -2.22. The number of rotatable bonds is 17. The molecule has 0 saturated carbocycles. The highest BCUT2D eigenvalue weighted by atomic mass is 16.7. The van der Waals surface area contributed by atoms with E-state index in [9.17, 15) is 0 Å². The lowest BCUT2D eigenvalue weighted by Crippen LogP contribution is -2.33. The van der Waals surface area contributed by atoms with E-state index in [0.29, 0.717) is 46.8 Å². The van der Waals surface area contributed by atoms with Gasteiger partial charge in [0.05, 0.1) is 19.8 Å². The second-order valence-corrected chi connectivity index (χ2v) is 4.34. The van der Waals surface area contributed by atoms with Crippen molar-refractivity contribution in [1.29, 1.82) is 0 Å².